The molecule has 0 aromatic carbocycles. The van der Waals surface area contributed by atoms with Gasteiger partial charge in [0.1, 0.15) is 0 Å². The number of aromatic nitrogens is 2. The Morgan fingerprint density at radius 1 is 0.889 bits per heavy atom. The van der Waals surface area contributed by atoms with Gasteiger partial charge in [0.25, 0.3) is 0 Å². The number of alkyl halides is 1. The van der Waals surface area contributed by atoms with Crippen molar-refractivity contribution in [1.82, 2.24) is 15.1 Å². The first-order valence-electron chi connectivity index (χ1n) is 11.4. The molecule has 5 rings (SSSR count). The first kappa shape index (κ1) is 18.4. The Bertz CT molecular complexity index is 635. The van der Waals surface area contributed by atoms with Gasteiger partial charge in [-0.15, -0.1) is 21.8 Å². The highest BCUT2D eigenvalue weighted by Crippen LogP contribution is 2.52. The maximum Gasteiger partial charge on any atom is 0.221 e. The molecule has 2 aliphatic carbocycles. The molecule has 150 valence electrons. The zero-order valence-corrected chi connectivity index (χ0v) is 17.4. The predicted octanol–water partition coefficient (Wildman–Crippen LogP) is 5.48. The van der Waals surface area contributed by atoms with Gasteiger partial charge >= 0.3 is 0 Å². The summed E-state index contributed by atoms with van der Waals surface area (Å²) in [6.07, 6.45) is 15.3. The van der Waals surface area contributed by atoms with Crippen LogP contribution in [0.1, 0.15) is 101 Å². The smallest absolute Gasteiger partial charge is 0.221 e. The highest BCUT2D eigenvalue weighted by molar-refractivity contribution is 6.20. The molecule has 2 unspecified atom stereocenters. The number of nitrogens with zero attached hydrogens (tertiary/aromatic N) is 3. The van der Waals surface area contributed by atoms with Gasteiger partial charge in [-0.05, 0) is 76.7 Å². The van der Waals surface area contributed by atoms with E-state index in [1.54, 1.807) is 0 Å². The minimum atomic E-state index is 0.393. The average Bonchev–Trinajstić information content (AvgIpc) is 3.26. The highest BCUT2D eigenvalue weighted by Gasteiger charge is 2.50. The van der Waals surface area contributed by atoms with Gasteiger partial charge in [-0.1, -0.05) is 19.3 Å². The Hall–Kier alpha value is -0.610. The normalized spacial score (nSPS) is 41.1. The fourth-order valence-electron chi connectivity index (χ4n) is 6.74. The van der Waals surface area contributed by atoms with E-state index in [1.807, 2.05) is 0 Å². The van der Waals surface area contributed by atoms with E-state index < -0.39 is 0 Å². The van der Waals surface area contributed by atoms with Crippen LogP contribution in [0.2, 0.25) is 0 Å². The Morgan fingerprint density at radius 3 is 2.41 bits per heavy atom. The summed E-state index contributed by atoms with van der Waals surface area (Å²) in [7, 11) is 2.32. The lowest BCUT2D eigenvalue weighted by atomic mass is 9.68. The fraction of sp³-hybridized carbons (Fsp3) is 0.909. The second-order valence-electron chi connectivity index (χ2n) is 9.71. The minimum Gasteiger partial charge on any atom is -0.425 e. The van der Waals surface area contributed by atoms with E-state index in [4.69, 9.17) is 16.0 Å². The van der Waals surface area contributed by atoms with E-state index >= 15 is 0 Å². The van der Waals surface area contributed by atoms with Crippen molar-refractivity contribution < 1.29 is 4.42 Å². The van der Waals surface area contributed by atoms with Gasteiger partial charge < -0.3 is 4.42 Å². The number of hydrogen-bond acceptors (Lipinski definition) is 4. The minimum absolute atomic E-state index is 0.393. The Kier molecular flexibility index (Phi) is 5.23. The molecule has 2 saturated heterocycles. The van der Waals surface area contributed by atoms with Gasteiger partial charge in [0, 0.05) is 23.4 Å². The molecule has 2 saturated carbocycles. The van der Waals surface area contributed by atoms with Crippen molar-refractivity contribution in [1.29, 1.82) is 0 Å². The summed E-state index contributed by atoms with van der Waals surface area (Å²) >= 11 is 6.41. The van der Waals surface area contributed by atoms with E-state index in [2.05, 4.69) is 22.1 Å². The van der Waals surface area contributed by atoms with Crippen LogP contribution in [0, 0.1) is 11.8 Å². The quantitative estimate of drug-likeness (QED) is 0.639. The Morgan fingerprint density at radius 2 is 1.63 bits per heavy atom. The molecule has 4 atom stereocenters. The standard InChI is InChI=1S/C22H34ClN3O/c1-26-17-11-12-19(26)20(18(13-17)14-7-9-16(23)10-8-14)22-25-24-21(27-22)15-5-3-2-4-6-15/h14-20H,2-13H2,1H3/t14?,16?,17-,18-,19?,20?/m1/s1. The summed E-state index contributed by atoms with van der Waals surface area (Å²) in [5.41, 5.74) is 0. The van der Waals surface area contributed by atoms with Crippen LogP contribution < -0.4 is 0 Å². The summed E-state index contributed by atoms with van der Waals surface area (Å²) < 4.78 is 6.43. The third kappa shape index (κ3) is 3.46. The molecule has 4 fully saturated rings. The predicted molar refractivity (Wildman–Crippen MR) is 107 cm³/mol. The van der Waals surface area contributed by atoms with Gasteiger partial charge in [-0.2, -0.15) is 0 Å². The zero-order chi connectivity index (χ0) is 18.4. The number of piperidine rings is 1. The first-order valence-corrected chi connectivity index (χ1v) is 11.8. The molecule has 2 aliphatic heterocycles. The van der Waals surface area contributed by atoms with Gasteiger partial charge in [0.15, 0.2) is 0 Å². The van der Waals surface area contributed by atoms with Gasteiger partial charge in [-0.25, -0.2) is 0 Å². The van der Waals surface area contributed by atoms with Crippen molar-refractivity contribution in [3.8, 4) is 0 Å². The van der Waals surface area contributed by atoms with Crippen LogP contribution in [0.15, 0.2) is 4.42 Å². The van der Waals surface area contributed by atoms with Crippen LogP contribution in [0.5, 0.6) is 0 Å². The van der Waals surface area contributed by atoms with Crippen LogP contribution in [0.25, 0.3) is 0 Å². The summed E-state index contributed by atoms with van der Waals surface area (Å²) in [5.74, 6) is 4.29. The number of likely N-dealkylation sites (N-methyl/N-ethyl adjacent to an activating group) is 1. The third-order valence-electron chi connectivity index (χ3n) is 8.32. The van der Waals surface area contributed by atoms with Crippen LogP contribution in [0.3, 0.4) is 0 Å². The van der Waals surface area contributed by atoms with Gasteiger partial charge in [0.05, 0.1) is 5.92 Å². The van der Waals surface area contributed by atoms with E-state index in [9.17, 15) is 0 Å². The van der Waals surface area contributed by atoms with E-state index in [0.29, 0.717) is 29.2 Å². The topological polar surface area (TPSA) is 42.2 Å². The van der Waals surface area contributed by atoms with Crippen molar-refractivity contribution in [3.63, 3.8) is 0 Å². The third-order valence-corrected chi connectivity index (χ3v) is 8.75. The lowest BCUT2D eigenvalue weighted by molar-refractivity contribution is 0.0515. The monoisotopic (exact) mass is 391 g/mol. The summed E-state index contributed by atoms with van der Waals surface area (Å²) in [4.78, 5) is 2.62. The molecular weight excluding hydrogens is 358 g/mol. The molecular formula is C22H34ClN3O. The second-order valence-corrected chi connectivity index (χ2v) is 10.3. The van der Waals surface area contributed by atoms with Crippen LogP contribution in [0.4, 0.5) is 0 Å². The average molecular weight is 392 g/mol. The van der Waals surface area contributed by atoms with Gasteiger partial charge in [0.2, 0.25) is 11.8 Å². The summed E-state index contributed by atoms with van der Waals surface area (Å²) in [6.45, 7) is 0. The molecule has 0 N–H and O–H groups in total. The van der Waals surface area contributed by atoms with E-state index in [0.717, 1.165) is 23.7 Å². The van der Waals surface area contributed by atoms with E-state index in [1.165, 1.54) is 77.0 Å². The van der Waals surface area contributed by atoms with Crippen molar-refractivity contribution in [2.45, 2.75) is 106 Å². The van der Waals surface area contributed by atoms with Crippen LogP contribution in [-0.2, 0) is 0 Å². The van der Waals surface area contributed by atoms with Crippen molar-refractivity contribution in [3.05, 3.63) is 11.8 Å². The summed E-state index contributed by atoms with van der Waals surface area (Å²) in [5, 5.41) is 9.61. The van der Waals surface area contributed by atoms with Crippen molar-refractivity contribution in [2.24, 2.45) is 11.8 Å². The molecule has 0 amide bonds. The van der Waals surface area contributed by atoms with Crippen LogP contribution in [-0.4, -0.2) is 39.6 Å². The SMILES string of the molecule is CN1C2CC[C@@H]1C[C@H](C1CCC(Cl)CC1)C2c1nnc(C2CCCCC2)o1. The molecule has 1 aromatic rings. The molecule has 3 heterocycles. The molecule has 5 heteroatoms. The molecule has 1 aromatic heterocycles. The summed E-state index contributed by atoms with van der Waals surface area (Å²) in [6, 6.07) is 1.34. The van der Waals surface area contributed by atoms with Crippen molar-refractivity contribution >= 4 is 11.6 Å². The molecule has 27 heavy (non-hydrogen) atoms. The molecule has 4 aliphatic rings. The largest absolute Gasteiger partial charge is 0.425 e. The van der Waals surface area contributed by atoms with Crippen molar-refractivity contribution in [2.75, 3.05) is 7.05 Å². The molecule has 4 nitrogen and oxygen atoms in total. The molecule has 2 bridgehead atoms. The number of halogens is 1. The fourth-order valence-corrected chi connectivity index (χ4v) is 6.99. The van der Waals surface area contributed by atoms with Crippen LogP contribution >= 0.6 is 11.6 Å². The lowest BCUT2D eigenvalue weighted by Crippen LogP contribution is -2.47. The first-order chi connectivity index (χ1) is 13.2. The lowest BCUT2D eigenvalue weighted by Gasteiger charge is -2.45. The van der Waals surface area contributed by atoms with E-state index in [-0.39, 0.29) is 0 Å². The number of rotatable bonds is 3. The maximum absolute atomic E-state index is 6.43. The zero-order valence-electron chi connectivity index (χ0n) is 16.7. The highest BCUT2D eigenvalue weighted by atomic mass is 35.5. The number of hydrogen-bond donors (Lipinski definition) is 0. The second kappa shape index (κ2) is 7.67. The maximum atomic E-state index is 6.43. The molecule has 0 radical (unpaired) electrons. The molecule has 0 spiro atoms. The Balaban J connectivity index is 1.41. The Labute approximate surface area is 168 Å². The van der Waals surface area contributed by atoms with Gasteiger partial charge in [-0.3, -0.25) is 4.90 Å². The number of fused-ring (bicyclic) bond motifs is 2.